The Hall–Kier alpha value is -3.12. The zero-order valence-corrected chi connectivity index (χ0v) is 21.5. The average molecular weight is 504 g/mol. The van der Waals surface area contributed by atoms with E-state index in [9.17, 15) is 19.2 Å². The number of carbonyl (C=O) groups excluding carboxylic acids is 4. The Morgan fingerprint density at radius 1 is 1.23 bits per heavy atom. The number of imide groups is 1. The quantitative estimate of drug-likeness (QED) is 0.166. The molecule has 0 spiro atoms. The monoisotopic (exact) mass is 503 g/mol. The molecule has 3 rings (SSSR count). The fourth-order valence-electron chi connectivity index (χ4n) is 3.89. The van der Waals surface area contributed by atoms with Crippen molar-refractivity contribution < 1.29 is 19.2 Å². The molecule has 2 aromatic heterocycles. The van der Waals surface area contributed by atoms with Crippen molar-refractivity contribution in [2.45, 2.75) is 66.0 Å². The van der Waals surface area contributed by atoms with E-state index < -0.39 is 23.9 Å². The fourth-order valence-corrected chi connectivity index (χ4v) is 4.77. The Balaban J connectivity index is 1.97. The zero-order valence-electron chi connectivity index (χ0n) is 20.7. The predicted octanol–water partition coefficient (Wildman–Crippen LogP) is 2.60. The first kappa shape index (κ1) is 26.5. The van der Waals surface area contributed by atoms with Crippen LogP contribution in [0.3, 0.4) is 0 Å². The van der Waals surface area contributed by atoms with Gasteiger partial charge in [-0.15, -0.1) is 11.3 Å². The highest BCUT2D eigenvalue weighted by Crippen LogP contribution is 2.34. The lowest BCUT2D eigenvalue weighted by Crippen LogP contribution is -2.47. The third kappa shape index (κ3) is 5.93. The second-order valence-electron chi connectivity index (χ2n) is 9.60. The molecule has 1 aliphatic rings. The van der Waals surface area contributed by atoms with Gasteiger partial charge in [0.2, 0.25) is 0 Å². The molecule has 3 N–H and O–H groups in total. The van der Waals surface area contributed by atoms with Crippen molar-refractivity contribution in [2.75, 3.05) is 11.4 Å². The third-order valence-electron chi connectivity index (χ3n) is 5.70. The molecule has 1 saturated carbocycles. The number of hydrogen-bond acceptors (Lipinski definition) is 9. The first-order valence-corrected chi connectivity index (χ1v) is 12.6. The molecule has 3 amide bonds. The number of nitrogens with two attached hydrogens (primary N) is 1. The van der Waals surface area contributed by atoms with E-state index in [1.165, 1.54) is 18.3 Å². The van der Waals surface area contributed by atoms with Gasteiger partial charge in [0.15, 0.2) is 5.13 Å². The molecule has 0 unspecified atom stereocenters. The highest BCUT2D eigenvalue weighted by atomic mass is 32.1. The molecule has 1 fully saturated rings. The molecule has 1 aliphatic carbocycles. The number of amides is 3. The topological polar surface area (TPSA) is 144 Å². The first-order chi connectivity index (χ1) is 16.6. The van der Waals surface area contributed by atoms with Gasteiger partial charge in [-0.05, 0) is 38.0 Å². The summed E-state index contributed by atoms with van der Waals surface area (Å²) in [4.78, 5) is 62.9. The van der Waals surface area contributed by atoms with Gasteiger partial charge >= 0.3 is 6.03 Å². The lowest BCUT2D eigenvalue weighted by atomic mass is 10.0. The van der Waals surface area contributed by atoms with Gasteiger partial charge in [-0.2, -0.15) is 0 Å². The van der Waals surface area contributed by atoms with Gasteiger partial charge < -0.3 is 9.69 Å². The first-order valence-electron chi connectivity index (χ1n) is 11.7. The highest BCUT2D eigenvalue weighted by Gasteiger charge is 2.37. The number of nitrogens with one attached hydrogen (secondary N) is 1. The number of anilines is 1. The number of aldehydes is 1. The summed E-state index contributed by atoms with van der Waals surface area (Å²) in [6, 6.07) is -1.29. The summed E-state index contributed by atoms with van der Waals surface area (Å²) >= 11 is 1.35. The normalized spacial score (nSPS) is 14.2. The SMILES string of the molecule is Cc1c(C(=O)N(C(=O)c2csc(N(CC(C)C)C3CC3)n2)[C@H](C=O)CC(C)C)ncn1C(=O)NN. The maximum Gasteiger partial charge on any atom is 0.341 e. The van der Waals surface area contributed by atoms with E-state index in [1.54, 1.807) is 5.38 Å². The largest absolute Gasteiger partial charge is 0.345 e. The zero-order chi connectivity index (χ0) is 25.9. The number of thiazole rings is 1. The van der Waals surface area contributed by atoms with Crippen LogP contribution < -0.4 is 16.2 Å². The van der Waals surface area contributed by atoms with Crippen LogP contribution in [-0.2, 0) is 4.79 Å². The second kappa shape index (κ2) is 11.1. The second-order valence-corrected chi connectivity index (χ2v) is 10.4. The Bertz CT molecular complexity index is 1090. The summed E-state index contributed by atoms with van der Waals surface area (Å²) in [5, 5.41) is 2.35. The summed E-state index contributed by atoms with van der Waals surface area (Å²) in [5.74, 6) is 4.21. The average Bonchev–Trinajstić information content (AvgIpc) is 3.40. The van der Waals surface area contributed by atoms with Gasteiger partial charge in [-0.25, -0.2) is 20.6 Å². The molecule has 190 valence electrons. The van der Waals surface area contributed by atoms with Crippen molar-refractivity contribution in [3.8, 4) is 0 Å². The lowest BCUT2D eigenvalue weighted by molar-refractivity contribution is -0.111. The van der Waals surface area contributed by atoms with Crippen molar-refractivity contribution >= 4 is 40.6 Å². The number of carbonyl (C=O) groups is 4. The molecule has 2 heterocycles. The molecule has 11 nitrogen and oxygen atoms in total. The highest BCUT2D eigenvalue weighted by molar-refractivity contribution is 7.14. The molecule has 0 saturated heterocycles. The summed E-state index contributed by atoms with van der Waals surface area (Å²) in [6.45, 7) is 10.4. The van der Waals surface area contributed by atoms with Crippen LogP contribution in [0.4, 0.5) is 9.93 Å². The number of nitrogen functional groups attached to an aromatic ring is 1. The van der Waals surface area contributed by atoms with Gasteiger partial charge in [0.1, 0.15) is 24.0 Å². The summed E-state index contributed by atoms with van der Waals surface area (Å²) < 4.78 is 1.06. The van der Waals surface area contributed by atoms with Gasteiger partial charge in [0.05, 0.1) is 11.7 Å². The van der Waals surface area contributed by atoms with E-state index in [2.05, 4.69) is 28.7 Å². The standard InChI is InChI=1S/C23H33N7O4S/c1-13(2)8-17(10-31)30(21(33)19-15(5)29(12-25-19)22(34)27-24)20(32)18-11-35-23(26-18)28(9-14(3)4)16-6-7-16/h10-14,16-17H,6-9,24H2,1-5H3,(H,27,34)/t17-/m0/s1. The van der Waals surface area contributed by atoms with Crippen molar-refractivity contribution in [3.05, 3.63) is 28.8 Å². The molecular weight excluding hydrogens is 470 g/mol. The number of aromatic nitrogens is 3. The van der Waals surface area contributed by atoms with Crippen LogP contribution in [0, 0.1) is 18.8 Å². The van der Waals surface area contributed by atoms with E-state index in [0.29, 0.717) is 18.2 Å². The number of hydrogen-bond donors (Lipinski definition) is 2. The van der Waals surface area contributed by atoms with E-state index in [-0.39, 0.29) is 29.4 Å². The van der Waals surface area contributed by atoms with Crippen LogP contribution in [0.15, 0.2) is 11.7 Å². The Labute approximate surface area is 208 Å². The Morgan fingerprint density at radius 3 is 2.46 bits per heavy atom. The number of rotatable bonds is 10. The van der Waals surface area contributed by atoms with Crippen molar-refractivity contribution in [3.63, 3.8) is 0 Å². The lowest BCUT2D eigenvalue weighted by Gasteiger charge is -2.27. The van der Waals surface area contributed by atoms with Crippen molar-refractivity contribution in [1.29, 1.82) is 0 Å². The van der Waals surface area contributed by atoms with Crippen molar-refractivity contribution in [1.82, 2.24) is 24.9 Å². The molecule has 0 aliphatic heterocycles. The van der Waals surface area contributed by atoms with Crippen LogP contribution in [0.2, 0.25) is 0 Å². The minimum atomic E-state index is -1.01. The van der Waals surface area contributed by atoms with Gasteiger partial charge in [0.25, 0.3) is 11.8 Å². The van der Waals surface area contributed by atoms with Crippen LogP contribution in [0.1, 0.15) is 73.6 Å². The smallest absolute Gasteiger partial charge is 0.341 e. The molecule has 1 atom stereocenters. The molecule has 2 aromatic rings. The van der Waals surface area contributed by atoms with Crippen molar-refractivity contribution in [2.24, 2.45) is 17.7 Å². The van der Waals surface area contributed by atoms with E-state index >= 15 is 0 Å². The van der Waals surface area contributed by atoms with E-state index in [1.807, 2.05) is 19.3 Å². The maximum absolute atomic E-state index is 13.6. The molecule has 0 bridgehead atoms. The molecule has 35 heavy (non-hydrogen) atoms. The third-order valence-corrected chi connectivity index (χ3v) is 6.57. The summed E-state index contributed by atoms with van der Waals surface area (Å²) in [5.41, 5.74) is 2.15. The van der Waals surface area contributed by atoms with Gasteiger partial charge in [-0.3, -0.25) is 24.5 Å². The molecular formula is C23H33N7O4S. The van der Waals surface area contributed by atoms with Crippen LogP contribution in [0.25, 0.3) is 0 Å². The van der Waals surface area contributed by atoms with Crippen LogP contribution >= 0.6 is 11.3 Å². The van der Waals surface area contributed by atoms with Gasteiger partial charge in [0, 0.05) is 18.0 Å². The van der Waals surface area contributed by atoms with Crippen LogP contribution in [0.5, 0.6) is 0 Å². The predicted molar refractivity (Wildman–Crippen MR) is 132 cm³/mol. The van der Waals surface area contributed by atoms with E-state index in [4.69, 9.17) is 5.84 Å². The molecule has 0 aromatic carbocycles. The summed E-state index contributed by atoms with van der Waals surface area (Å²) in [6.07, 6.45) is 4.19. The van der Waals surface area contributed by atoms with Crippen LogP contribution in [-0.4, -0.2) is 62.2 Å². The van der Waals surface area contributed by atoms with E-state index in [0.717, 1.165) is 40.3 Å². The number of nitrogens with zero attached hydrogens (tertiary/aromatic N) is 5. The number of imidazole rings is 1. The fraction of sp³-hybridized carbons (Fsp3) is 0.565. The minimum absolute atomic E-state index is 0.0392. The van der Waals surface area contributed by atoms with Gasteiger partial charge in [-0.1, -0.05) is 27.7 Å². The Kier molecular flexibility index (Phi) is 8.39. The Morgan fingerprint density at radius 2 is 1.91 bits per heavy atom. The molecule has 12 heteroatoms. The summed E-state index contributed by atoms with van der Waals surface area (Å²) in [7, 11) is 0. The molecule has 0 radical (unpaired) electrons. The maximum atomic E-state index is 13.6. The number of hydrazine groups is 1. The minimum Gasteiger partial charge on any atom is -0.345 e.